The van der Waals surface area contributed by atoms with E-state index >= 15 is 0 Å². The number of hydrogen-bond donors (Lipinski definition) is 1. The monoisotopic (exact) mass is 253 g/mol. The molecule has 0 spiro atoms. The van der Waals surface area contributed by atoms with E-state index in [4.69, 9.17) is 0 Å². The number of aromatic nitrogens is 1. The van der Waals surface area contributed by atoms with Crippen molar-refractivity contribution in [2.75, 3.05) is 13.1 Å². The molecule has 1 aliphatic rings. The molecule has 0 bridgehead atoms. The lowest BCUT2D eigenvalue weighted by atomic mass is 10.1. The lowest BCUT2D eigenvalue weighted by molar-refractivity contribution is -0.120. The van der Waals surface area contributed by atoms with Crippen molar-refractivity contribution in [1.29, 1.82) is 0 Å². The molecule has 92 valence electrons. The molecule has 2 heterocycles. The quantitative estimate of drug-likeness (QED) is 0.851. The van der Waals surface area contributed by atoms with Crippen LogP contribution in [0.2, 0.25) is 0 Å². The highest BCUT2D eigenvalue weighted by molar-refractivity contribution is 7.07. The van der Waals surface area contributed by atoms with Crippen LogP contribution in [0.15, 0.2) is 10.9 Å². The fraction of sp³-hybridized carbons (Fsp3) is 0.545. The van der Waals surface area contributed by atoms with Crippen molar-refractivity contribution in [2.45, 2.75) is 25.8 Å². The molecule has 1 fully saturated rings. The maximum atomic E-state index is 12.0. The number of amides is 2. The molecule has 0 radical (unpaired) electrons. The van der Waals surface area contributed by atoms with Crippen LogP contribution in [0.5, 0.6) is 0 Å². The first-order valence-corrected chi connectivity index (χ1v) is 6.55. The van der Waals surface area contributed by atoms with Gasteiger partial charge in [0.2, 0.25) is 5.91 Å². The summed E-state index contributed by atoms with van der Waals surface area (Å²) in [7, 11) is 0. The van der Waals surface area contributed by atoms with Gasteiger partial charge in [-0.15, -0.1) is 11.3 Å². The van der Waals surface area contributed by atoms with Gasteiger partial charge in [0.1, 0.15) is 5.69 Å². The average Bonchev–Trinajstić information content (AvgIpc) is 2.81. The van der Waals surface area contributed by atoms with Gasteiger partial charge in [0.25, 0.3) is 5.91 Å². The number of likely N-dealkylation sites (tertiary alicyclic amines) is 1. The second kappa shape index (κ2) is 5.27. The Kier molecular flexibility index (Phi) is 3.73. The molecule has 0 aliphatic carbocycles. The summed E-state index contributed by atoms with van der Waals surface area (Å²) in [5, 5.41) is 4.62. The molecule has 2 amide bonds. The van der Waals surface area contributed by atoms with Gasteiger partial charge in [-0.1, -0.05) is 0 Å². The summed E-state index contributed by atoms with van der Waals surface area (Å²) in [6, 6.07) is 0.0730. The van der Waals surface area contributed by atoms with Gasteiger partial charge in [-0.05, 0) is 12.8 Å². The van der Waals surface area contributed by atoms with Gasteiger partial charge in [0.15, 0.2) is 0 Å². The highest BCUT2D eigenvalue weighted by atomic mass is 32.1. The van der Waals surface area contributed by atoms with Crippen molar-refractivity contribution in [3.05, 3.63) is 16.6 Å². The first kappa shape index (κ1) is 12.0. The van der Waals surface area contributed by atoms with Crippen molar-refractivity contribution < 1.29 is 9.59 Å². The maximum absolute atomic E-state index is 12.0. The zero-order valence-corrected chi connectivity index (χ0v) is 10.5. The smallest absolute Gasteiger partial charge is 0.273 e. The highest BCUT2D eigenvalue weighted by Gasteiger charge is 2.25. The Morgan fingerprint density at radius 2 is 2.41 bits per heavy atom. The third-order valence-corrected chi connectivity index (χ3v) is 3.35. The molecular weight excluding hydrogens is 238 g/mol. The number of carbonyl (C=O) groups is 2. The van der Waals surface area contributed by atoms with Gasteiger partial charge >= 0.3 is 0 Å². The zero-order chi connectivity index (χ0) is 12.3. The normalized spacial score (nSPS) is 20.1. The summed E-state index contributed by atoms with van der Waals surface area (Å²) >= 11 is 1.42. The lowest BCUT2D eigenvalue weighted by Gasteiger charge is -2.32. The predicted octanol–water partition coefficient (Wildman–Crippen LogP) is 0.884. The Bertz CT molecular complexity index is 405. The van der Waals surface area contributed by atoms with Crippen LogP contribution >= 0.6 is 11.3 Å². The van der Waals surface area contributed by atoms with E-state index in [0.29, 0.717) is 12.2 Å². The molecule has 1 aromatic heterocycles. The standard InChI is InChI=1S/C11H15N3O2S/c1-8(15)13-9-3-2-4-14(5-9)11(16)10-6-17-7-12-10/h6-7,9H,2-5H2,1H3,(H,13,15). The Labute approximate surface area is 104 Å². The number of hydrogen-bond acceptors (Lipinski definition) is 4. The number of carbonyl (C=O) groups excluding carboxylic acids is 2. The summed E-state index contributed by atoms with van der Waals surface area (Å²) in [6.07, 6.45) is 1.85. The topological polar surface area (TPSA) is 62.3 Å². The van der Waals surface area contributed by atoms with Gasteiger partial charge in [-0.2, -0.15) is 0 Å². The molecule has 0 aromatic carbocycles. The van der Waals surface area contributed by atoms with Gasteiger partial charge in [0, 0.05) is 31.4 Å². The van der Waals surface area contributed by atoms with Gasteiger partial charge in [0.05, 0.1) is 5.51 Å². The molecule has 5 nitrogen and oxygen atoms in total. The summed E-state index contributed by atoms with van der Waals surface area (Å²) in [5.41, 5.74) is 2.15. The first-order valence-electron chi connectivity index (χ1n) is 5.61. The molecule has 17 heavy (non-hydrogen) atoms. The first-order chi connectivity index (χ1) is 8.16. The van der Waals surface area contributed by atoms with E-state index in [1.807, 2.05) is 0 Å². The van der Waals surface area contributed by atoms with Crippen molar-refractivity contribution in [3.63, 3.8) is 0 Å². The van der Waals surface area contributed by atoms with Gasteiger partial charge < -0.3 is 10.2 Å². The predicted molar refractivity (Wildman–Crippen MR) is 64.9 cm³/mol. The molecule has 1 N–H and O–H groups in total. The number of nitrogens with zero attached hydrogens (tertiary/aromatic N) is 2. The van der Waals surface area contributed by atoms with E-state index in [2.05, 4.69) is 10.3 Å². The second-order valence-corrected chi connectivity index (χ2v) is 4.88. The molecule has 2 rings (SSSR count). The van der Waals surface area contributed by atoms with Gasteiger partial charge in [-0.25, -0.2) is 4.98 Å². The average molecular weight is 253 g/mol. The van der Waals surface area contributed by atoms with Crippen LogP contribution < -0.4 is 5.32 Å². The fourth-order valence-corrected chi connectivity index (χ4v) is 2.57. The number of nitrogens with one attached hydrogen (secondary N) is 1. The van der Waals surface area contributed by atoms with E-state index < -0.39 is 0 Å². The van der Waals surface area contributed by atoms with Crippen LogP contribution in [0.4, 0.5) is 0 Å². The van der Waals surface area contributed by atoms with Crippen LogP contribution in [0, 0.1) is 0 Å². The maximum Gasteiger partial charge on any atom is 0.273 e. The molecule has 1 saturated heterocycles. The number of thiazole rings is 1. The van der Waals surface area contributed by atoms with Crippen molar-refractivity contribution in [1.82, 2.24) is 15.2 Å². The Morgan fingerprint density at radius 1 is 1.59 bits per heavy atom. The third-order valence-electron chi connectivity index (χ3n) is 2.77. The van der Waals surface area contributed by atoms with E-state index in [9.17, 15) is 9.59 Å². The largest absolute Gasteiger partial charge is 0.352 e. The van der Waals surface area contributed by atoms with Crippen molar-refractivity contribution in [3.8, 4) is 0 Å². The molecule has 1 aromatic rings. The van der Waals surface area contributed by atoms with E-state index in [0.717, 1.165) is 19.4 Å². The Balaban J connectivity index is 1.97. The van der Waals surface area contributed by atoms with E-state index in [-0.39, 0.29) is 17.9 Å². The van der Waals surface area contributed by atoms with Gasteiger partial charge in [-0.3, -0.25) is 9.59 Å². The van der Waals surface area contributed by atoms with Crippen molar-refractivity contribution >= 4 is 23.2 Å². The second-order valence-electron chi connectivity index (χ2n) is 4.16. The number of rotatable bonds is 2. The SMILES string of the molecule is CC(=O)NC1CCCN(C(=O)c2cscn2)C1. The van der Waals surface area contributed by atoms with Crippen LogP contribution in [-0.4, -0.2) is 40.8 Å². The summed E-state index contributed by atoms with van der Waals surface area (Å²) in [4.78, 5) is 28.8. The molecule has 1 atom stereocenters. The minimum atomic E-state index is -0.0436. The zero-order valence-electron chi connectivity index (χ0n) is 9.68. The van der Waals surface area contributed by atoms with Crippen molar-refractivity contribution in [2.24, 2.45) is 0 Å². The molecule has 0 saturated carbocycles. The lowest BCUT2D eigenvalue weighted by Crippen LogP contribution is -2.49. The van der Waals surface area contributed by atoms with Crippen LogP contribution in [0.25, 0.3) is 0 Å². The van der Waals surface area contributed by atoms with Crippen LogP contribution in [-0.2, 0) is 4.79 Å². The Morgan fingerprint density at radius 3 is 3.06 bits per heavy atom. The highest BCUT2D eigenvalue weighted by Crippen LogP contribution is 2.14. The molecule has 1 aliphatic heterocycles. The molecular formula is C11H15N3O2S. The van der Waals surface area contributed by atoms with Crippen LogP contribution in [0.1, 0.15) is 30.3 Å². The van der Waals surface area contributed by atoms with E-state index in [1.54, 1.807) is 15.8 Å². The fourth-order valence-electron chi connectivity index (χ4n) is 2.05. The summed E-state index contributed by atoms with van der Waals surface area (Å²) < 4.78 is 0. The summed E-state index contributed by atoms with van der Waals surface area (Å²) in [5.74, 6) is -0.0840. The molecule has 6 heteroatoms. The number of piperidine rings is 1. The Hall–Kier alpha value is -1.43. The minimum absolute atomic E-state index is 0.0405. The summed E-state index contributed by atoms with van der Waals surface area (Å²) in [6.45, 7) is 2.82. The minimum Gasteiger partial charge on any atom is -0.352 e. The van der Waals surface area contributed by atoms with Crippen LogP contribution in [0.3, 0.4) is 0 Å². The third kappa shape index (κ3) is 3.03. The van der Waals surface area contributed by atoms with E-state index in [1.165, 1.54) is 18.3 Å². The molecule has 1 unspecified atom stereocenters.